The van der Waals surface area contributed by atoms with Crippen LogP contribution >= 0.6 is 0 Å². The molecule has 97 heavy (non-hydrogen) atoms. The number of hydrogen-bond donors (Lipinski definition) is 2. The number of unbranched alkanes of at least 4 members (excludes halogenated alkanes) is 9. The monoisotopic (exact) mass is 1420 g/mol. The normalized spacial score (nSPS) is 11.9. The molecular weight excluding hydrogens is 1280 g/mol. The van der Waals surface area contributed by atoms with Crippen molar-refractivity contribution < 1.29 is 133 Å². The zero-order valence-electron chi connectivity index (χ0n) is 60.3. The Balaban J connectivity index is 3.63. The van der Waals surface area contributed by atoms with E-state index in [1.807, 2.05) is 0 Å². The minimum Gasteiger partial charge on any atom is -0.394 e. The molecule has 0 heterocycles. The van der Waals surface area contributed by atoms with E-state index in [0.29, 0.717) is 344 Å². The van der Waals surface area contributed by atoms with Crippen LogP contribution in [-0.4, -0.2) is 392 Å². The van der Waals surface area contributed by atoms with Gasteiger partial charge >= 0.3 is 0 Å². The second kappa shape index (κ2) is 92.9. The van der Waals surface area contributed by atoms with E-state index >= 15 is 0 Å². The van der Waals surface area contributed by atoms with Crippen molar-refractivity contribution in [3.8, 4) is 0 Å². The van der Waals surface area contributed by atoms with Crippen LogP contribution in [0.3, 0.4) is 0 Å². The summed E-state index contributed by atoms with van der Waals surface area (Å²) in [7, 11) is 0. The Labute approximate surface area is 583 Å². The van der Waals surface area contributed by atoms with Crippen LogP contribution in [0.5, 0.6) is 0 Å². The van der Waals surface area contributed by atoms with Crippen molar-refractivity contribution in [2.24, 2.45) is 0 Å². The lowest BCUT2D eigenvalue weighted by Crippen LogP contribution is -2.32. The molecule has 0 aliphatic carbocycles. The molecule has 0 aliphatic rings. The van der Waals surface area contributed by atoms with E-state index in [0.717, 1.165) is 19.6 Å². The molecule has 0 rings (SSSR count). The summed E-state index contributed by atoms with van der Waals surface area (Å²) < 4.78 is 144. The van der Waals surface area contributed by atoms with E-state index in [1.165, 1.54) is 64.2 Å². The van der Waals surface area contributed by atoms with Gasteiger partial charge in [0.25, 0.3) is 0 Å². The lowest BCUT2D eigenvalue weighted by molar-refractivity contribution is -0.0296. The maximum Gasteiger partial charge on any atom is 0.0701 e. The highest BCUT2D eigenvalue weighted by atomic mass is 16.6. The summed E-state index contributed by atoms with van der Waals surface area (Å²) in [4.78, 5) is 2.44. The summed E-state index contributed by atoms with van der Waals surface area (Å²) in [6.45, 7) is 30.7. The maximum absolute atomic E-state index is 8.64. The largest absolute Gasteiger partial charge is 0.394 e. The van der Waals surface area contributed by atoms with E-state index in [1.54, 1.807) is 0 Å². The van der Waals surface area contributed by atoms with Gasteiger partial charge in [-0.3, -0.25) is 4.90 Å². The Morgan fingerprint density at radius 2 is 0.268 bits per heavy atom. The summed E-state index contributed by atoms with van der Waals surface area (Å²) in [6, 6.07) is 0. The van der Waals surface area contributed by atoms with Gasteiger partial charge in [0.2, 0.25) is 0 Å². The van der Waals surface area contributed by atoms with Gasteiger partial charge in [0.1, 0.15) is 0 Å². The van der Waals surface area contributed by atoms with Crippen LogP contribution in [0.15, 0.2) is 0 Å². The first-order valence-electron chi connectivity index (χ1n) is 36.3. The zero-order chi connectivity index (χ0) is 69.3. The summed E-state index contributed by atoms with van der Waals surface area (Å²) in [6.07, 6.45) is 13.2. The van der Waals surface area contributed by atoms with E-state index in [9.17, 15) is 0 Å². The minimum absolute atomic E-state index is 0.0176. The number of aliphatic hydroxyl groups is 2. The molecule has 29 heteroatoms. The second-order valence-electron chi connectivity index (χ2n) is 21.4. The van der Waals surface area contributed by atoms with Crippen molar-refractivity contribution in [2.45, 2.75) is 71.1 Å². The van der Waals surface area contributed by atoms with E-state index in [2.05, 4.69) is 11.8 Å². The molecule has 584 valence electrons. The molecular formula is C68H139NO28. The van der Waals surface area contributed by atoms with Crippen molar-refractivity contribution in [2.75, 3.05) is 376 Å². The minimum atomic E-state index is 0.0176. The van der Waals surface area contributed by atoms with Gasteiger partial charge in [0, 0.05) is 13.1 Å². The van der Waals surface area contributed by atoms with Crippen LogP contribution in [0.4, 0.5) is 0 Å². The molecule has 0 saturated heterocycles. The Hall–Kier alpha value is -1.16. The summed E-state index contributed by atoms with van der Waals surface area (Å²) in [5.41, 5.74) is 0. The van der Waals surface area contributed by atoms with Crippen LogP contribution in [0.1, 0.15) is 71.1 Å². The number of ether oxygens (including phenoxy) is 26. The van der Waals surface area contributed by atoms with Crippen molar-refractivity contribution >= 4 is 0 Å². The van der Waals surface area contributed by atoms with Crippen molar-refractivity contribution in [1.82, 2.24) is 4.90 Å². The summed E-state index contributed by atoms with van der Waals surface area (Å²) in [5.74, 6) is 0. The SMILES string of the molecule is CCCCCCCCCCCCN(CCOCCOCCOCCOCCOCCOCCOCCOCCOCCOCCOCCOCCOCCO)CCOCCOCCOCCOCCOCCOCCOCCOCCOCCOCCOCCOCCOCCO. The van der Waals surface area contributed by atoms with Gasteiger partial charge in [-0.05, 0) is 13.0 Å². The topological polar surface area (TPSA) is 284 Å². The van der Waals surface area contributed by atoms with Crippen molar-refractivity contribution in [3.63, 3.8) is 0 Å². The van der Waals surface area contributed by atoms with Crippen LogP contribution in [0.2, 0.25) is 0 Å². The standard InChI is InChI=1S/C68H139NO28/c1-2-3-4-5-6-7-8-9-10-11-12-69(13-17-72-21-25-76-29-33-80-37-41-84-45-49-88-53-57-92-61-65-96-67-63-94-59-55-90-51-47-86-43-39-82-35-31-78-27-23-74-19-15-70)14-18-73-22-26-77-30-34-81-38-42-85-46-50-89-54-58-93-62-66-97-68-64-95-60-56-91-52-48-87-44-40-83-36-32-79-28-24-75-20-16-71/h70-71H,2-68H2,1H3. The Morgan fingerprint density at radius 3 is 0.412 bits per heavy atom. The molecule has 0 bridgehead atoms. The molecule has 0 saturated carbocycles. The Kier molecular flexibility index (Phi) is 91.7. The third-order valence-corrected chi connectivity index (χ3v) is 13.3. The Bertz CT molecular complexity index is 1270. The molecule has 0 unspecified atom stereocenters. The molecule has 0 fully saturated rings. The van der Waals surface area contributed by atoms with Gasteiger partial charge in [0.15, 0.2) is 0 Å². The first kappa shape index (κ1) is 95.8. The molecule has 0 amide bonds. The quantitative estimate of drug-likeness (QED) is 0.0822. The fraction of sp³-hybridized carbons (Fsp3) is 1.00. The number of rotatable bonds is 93. The first-order valence-corrected chi connectivity index (χ1v) is 36.3. The maximum atomic E-state index is 8.64. The van der Waals surface area contributed by atoms with Gasteiger partial charge in [0.05, 0.1) is 357 Å². The van der Waals surface area contributed by atoms with E-state index < -0.39 is 0 Å². The number of nitrogens with zero attached hydrogens (tertiary/aromatic N) is 1. The molecule has 0 radical (unpaired) electrons. The molecule has 2 N–H and O–H groups in total. The van der Waals surface area contributed by atoms with Crippen molar-refractivity contribution in [3.05, 3.63) is 0 Å². The number of hydrogen-bond acceptors (Lipinski definition) is 29. The van der Waals surface area contributed by atoms with Crippen LogP contribution < -0.4 is 0 Å². The van der Waals surface area contributed by atoms with Crippen LogP contribution in [-0.2, 0) is 123 Å². The summed E-state index contributed by atoms with van der Waals surface area (Å²) >= 11 is 0. The van der Waals surface area contributed by atoms with Crippen LogP contribution in [0, 0.1) is 0 Å². The highest BCUT2D eigenvalue weighted by molar-refractivity contribution is 4.59. The van der Waals surface area contributed by atoms with Gasteiger partial charge in [-0.2, -0.15) is 0 Å². The lowest BCUT2D eigenvalue weighted by Gasteiger charge is -2.22. The third-order valence-electron chi connectivity index (χ3n) is 13.3. The highest BCUT2D eigenvalue weighted by Gasteiger charge is 2.07. The molecule has 29 nitrogen and oxygen atoms in total. The van der Waals surface area contributed by atoms with Gasteiger partial charge in [-0.1, -0.05) is 64.7 Å². The molecule has 0 aromatic heterocycles. The van der Waals surface area contributed by atoms with E-state index in [-0.39, 0.29) is 13.2 Å². The molecule has 0 aliphatic heterocycles. The van der Waals surface area contributed by atoms with Gasteiger partial charge in [-0.25, -0.2) is 0 Å². The highest BCUT2D eigenvalue weighted by Crippen LogP contribution is 2.11. The predicted octanol–water partition coefficient (Wildman–Crippen LogP) is 3.63. The predicted molar refractivity (Wildman–Crippen MR) is 364 cm³/mol. The fourth-order valence-electron chi connectivity index (χ4n) is 8.16. The molecule has 0 atom stereocenters. The van der Waals surface area contributed by atoms with Gasteiger partial charge in [-0.15, -0.1) is 0 Å². The zero-order valence-corrected chi connectivity index (χ0v) is 60.3. The van der Waals surface area contributed by atoms with Gasteiger partial charge < -0.3 is 133 Å². The fourth-order valence-corrected chi connectivity index (χ4v) is 8.16. The second-order valence-corrected chi connectivity index (χ2v) is 21.4. The lowest BCUT2D eigenvalue weighted by atomic mass is 10.1. The first-order chi connectivity index (χ1) is 48.3. The molecule has 0 aromatic carbocycles. The Morgan fingerprint density at radius 1 is 0.144 bits per heavy atom. The molecule has 0 aromatic rings. The molecule has 0 spiro atoms. The average Bonchev–Trinajstić information content (AvgIpc) is 3.79. The van der Waals surface area contributed by atoms with Crippen LogP contribution in [0.25, 0.3) is 0 Å². The average molecular weight is 1420 g/mol. The number of aliphatic hydroxyl groups excluding tert-OH is 2. The third kappa shape index (κ3) is 90.9. The van der Waals surface area contributed by atoms with E-state index in [4.69, 9.17) is 133 Å². The summed E-state index contributed by atoms with van der Waals surface area (Å²) in [5, 5.41) is 17.3. The smallest absolute Gasteiger partial charge is 0.0701 e. The van der Waals surface area contributed by atoms with Crippen molar-refractivity contribution in [1.29, 1.82) is 0 Å².